The molecule has 0 aliphatic heterocycles. The molecule has 30 heavy (non-hydrogen) atoms. The molecule has 0 saturated carbocycles. The van der Waals surface area contributed by atoms with Crippen molar-refractivity contribution >= 4 is 11.6 Å². The number of halogens is 1. The second-order valence-electron chi connectivity index (χ2n) is 6.72. The highest BCUT2D eigenvalue weighted by atomic mass is 19.1. The van der Waals surface area contributed by atoms with Gasteiger partial charge in [-0.25, -0.2) is 24.3 Å². The Kier molecular flexibility index (Phi) is 5.26. The number of benzene rings is 2. The molecule has 1 N–H and O–H groups in total. The number of aryl methyl sites for hydroxylation is 2. The van der Waals surface area contributed by atoms with Crippen molar-refractivity contribution in [1.29, 1.82) is 0 Å². The molecule has 0 fully saturated rings. The zero-order valence-corrected chi connectivity index (χ0v) is 16.4. The van der Waals surface area contributed by atoms with Gasteiger partial charge in [-0.05, 0) is 37.6 Å². The Labute approximate surface area is 172 Å². The van der Waals surface area contributed by atoms with Gasteiger partial charge in [0.2, 0.25) is 0 Å². The van der Waals surface area contributed by atoms with Gasteiger partial charge >= 0.3 is 0 Å². The van der Waals surface area contributed by atoms with Crippen LogP contribution in [-0.4, -0.2) is 25.8 Å². The fourth-order valence-corrected chi connectivity index (χ4v) is 3.09. The number of carbonyl (C=O) groups is 1. The molecule has 148 valence electrons. The number of carbonyl (C=O) groups excluding carboxylic acids is 1. The summed E-state index contributed by atoms with van der Waals surface area (Å²) in [5.41, 5.74) is 2.90. The van der Waals surface area contributed by atoms with Crippen LogP contribution in [-0.2, 0) is 0 Å². The first-order valence-corrected chi connectivity index (χ1v) is 9.31. The third-order valence-electron chi connectivity index (χ3n) is 4.57. The maximum atomic E-state index is 14.7. The Morgan fingerprint density at radius 1 is 0.967 bits per heavy atom. The van der Waals surface area contributed by atoms with Crippen LogP contribution in [0, 0.1) is 19.7 Å². The molecule has 0 atom stereocenters. The predicted molar refractivity (Wildman–Crippen MR) is 112 cm³/mol. The maximum Gasteiger partial charge on any atom is 0.258 e. The molecule has 0 aliphatic rings. The van der Waals surface area contributed by atoms with E-state index in [0.29, 0.717) is 34.2 Å². The highest BCUT2D eigenvalue weighted by Crippen LogP contribution is 2.27. The topological polar surface area (TPSA) is 80.7 Å². The molecule has 1 amide bonds. The van der Waals surface area contributed by atoms with E-state index in [2.05, 4.69) is 25.3 Å². The van der Waals surface area contributed by atoms with Crippen LogP contribution in [0.2, 0.25) is 0 Å². The summed E-state index contributed by atoms with van der Waals surface area (Å²) in [6.07, 6.45) is 4.72. The Balaban J connectivity index is 1.72. The van der Waals surface area contributed by atoms with Crippen LogP contribution in [0.4, 0.5) is 10.1 Å². The summed E-state index contributed by atoms with van der Waals surface area (Å²) < 4.78 is 14.7. The number of amides is 1. The van der Waals surface area contributed by atoms with Crippen molar-refractivity contribution in [2.45, 2.75) is 13.8 Å². The summed E-state index contributed by atoms with van der Waals surface area (Å²) in [7, 11) is 0. The van der Waals surface area contributed by atoms with Gasteiger partial charge in [0.1, 0.15) is 11.6 Å². The number of nitrogens with one attached hydrogen (secondary N) is 1. The lowest BCUT2D eigenvalue weighted by atomic mass is 10.0. The lowest BCUT2D eigenvalue weighted by molar-refractivity contribution is 0.102. The van der Waals surface area contributed by atoms with Gasteiger partial charge in [0, 0.05) is 23.5 Å². The third kappa shape index (κ3) is 3.91. The number of anilines is 1. The first-order chi connectivity index (χ1) is 14.5. The van der Waals surface area contributed by atoms with E-state index < -0.39 is 11.7 Å². The van der Waals surface area contributed by atoms with Crippen molar-refractivity contribution in [1.82, 2.24) is 19.9 Å². The fourth-order valence-electron chi connectivity index (χ4n) is 3.09. The minimum Gasteiger partial charge on any atom is -0.319 e. The molecule has 0 spiro atoms. The van der Waals surface area contributed by atoms with E-state index in [1.807, 2.05) is 30.3 Å². The summed E-state index contributed by atoms with van der Waals surface area (Å²) in [4.78, 5) is 30.0. The van der Waals surface area contributed by atoms with E-state index in [9.17, 15) is 9.18 Å². The number of aromatic nitrogens is 4. The van der Waals surface area contributed by atoms with Gasteiger partial charge in [-0.2, -0.15) is 0 Å². The predicted octanol–water partition coefficient (Wildman–Crippen LogP) is 4.61. The Morgan fingerprint density at radius 2 is 1.70 bits per heavy atom. The summed E-state index contributed by atoms with van der Waals surface area (Å²) in [6.45, 7) is 3.52. The van der Waals surface area contributed by atoms with Crippen LogP contribution >= 0.6 is 0 Å². The molecule has 0 bridgehead atoms. The van der Waals surface area contributed by atoms with Crippen LogP contribution in [0.5, 0.6) is 0 Å². The Bertz CT molecular complexity index is 1210. The highest BCUT2D eigenvalue weighted by molar-refractivity contribution is 6.06. The number of hydrogen-bond donors (Lipinski definition) is 1. The van der Waals surface area contributed by atoms with Crippen LogP contribution in [0.15, 0.2) is 67.1 Å². The third-order valence-corrected chi connectivity index (χ3v) is 4.57. The van der Waals surface area contributed by atoms with Gasteiger partial charge in [0.05, 0.1) is 23.1 Å². The molecule has 0 aliphatic carbocycles. The van der Waals surface area contributed by atoms with Gasteiger partial charge in [-0.1, -0.05) is 30.3 Å². The van der Waals surface area contributed by atoms with Gasteiger partial charge in [-0.3, -0.25) is 4.79 Å². The zero-order chi connectivity index (χ0) is 21.1. The molecule has 0 saturated heterocycles. The lowest BCUT2D eigenvalue weighted by Gasteiger charge is -2.13. The van der Waals surface area contributed by atoms with E-state index in [4.69, 9.17) is 0 Å². The van der Waals surface area contributed by atoms with Gasteiger partial charge in [0.15, 0.2) is 5.82 Å². The summed E-state index contributed by atoms with van der Waals surface area (Å²) in [6, 6.07) is 13.9. The van der Waals surface area contributed by atoms with Crippen LogP contribution in [0.1, 0.15) is 21.7 Å². The van der Waals surface area contributed by atoms with E-state index in [1.165, 1.54) is 18.3 Å². The molecular formula is C23H18FN5O. The molecule has 0 radical (unpaired) electrons. The van der Waals surface area contributed by atoms with E-state index in [1.54, 1.807) is 32.3 Å². The monoisotopic (exact) mass is 399 g/mol. The van der Waals surface area contributed by atoms with Gasteiger partial charge < -0.3 is 5.32 Å². The van der Waals surface area contributed by atoms with Crippen molar-refractivity contribution in [2.24, 2.45) is 0 Å². The van der Waals surface area contributed by atoms with Crippen LogP contribution in [0.25, 0.3) is 22.6 Å². The fraction of sp³-hybridized carbons (Fsp3) is 0.0870. The van der Waals surface area contributed by atoms with Gasteiger partial charge in [-0.15, -0.1) is 0 Å². The van der Waals surface area contributed by atoms with Crippen molar-refractivity contribution in [3.63, 3.8) is 0 Å². The standard InChI is InChI=1S/C23H18FN5O/c1-14-11-19(24)18(12-17(14)22-25-9-6-10-26-22)23(30)29-20-13-27-15(2)28-21(20)16-7-4-3-5-8-16/h3-13H,1-2H3,(H,29,30). The number of nitrogens with zero attached hydrogens (tertiary/aromatic N) is 4. The second kappa shape index (κ2) is 8.16. The molecule has 4 rings (SSSR count). The Hall–Kier alpha value is -4.00. The van der Waals surface area contributed by atoms with Crippen molar-refractivity contribution in [2.75, 3.05) is 5.32 Å². The first-order valence-electron chi connectivity index (χ1n) is 9.31. The summed E-state index contributed by atoms with van der Waals surface area (Å²) >= 11 is 0. The van der Waals surface area contributed by atoms with Crippen molar-refractivity contribution < 1.29 is 9.18 Å². The molecule has 4 aromatic rings. The molecule has 7 heteroatoms. The Morgan fingerprint density at radius 3 is 2.43 bits per heavy atom. The largest absolute Gasteiger partial charge is 0.319 e. The summed E-state index contributed by atoms with van der Waals surface area (Å²) in [5, 5.41) is 2.75. The SMILES string of the molecule is Cc1ncc(NC(=O)c2cc(-c3ncccn3)c(C)cc2F)c(-c2ccccc2)n1. The van der Waals surface area contributed by atoms with Crippen molar-refractivity contribution in [3.05, 3.63) is 89.9 Å². The van der Waals surface area contributed by atoms with Gasteiger partial charge in [0.25, 0.3) is 5.91 Å². The van der Waals surface area contributed by atoms with E-state index in [0.717, 1.165) is 5.56 Å². The second-order valence-corrected chi connectivity index (χ2v) is 6.72. The lowest BCUT2D eigenvalue weighted by Crippen LogP contribution is -2.16. The quantitative estimate of drug-likeness (QED) is 0.542. The maximum absolute atomic E-state index is 14.7. The number of rotatable bonds is 4. The molecule has 6 nitrogen and oxygen atoms in total. The normalized spacial score (nSPS) is 10.6. The molecular weight excluding hydrogens is 381 g/mol. The molecule has 2 aromatic carbocycles. The molecule has 0 unspecified atom stereocenters. The van der Waals surface area contributed by atoms with Crippen LogP contribution in [0.3, 0.4) is 0 Å². The average molecular weight is 399 g/mol. The minimum atomic E-state index is -0.626. The number of hydrogen-bond acceptors (Lipinski definition) is 5. The highest BCUT2D eigenvalue weighted by Gasteiger charge is 2.19. The first kappa shape index (κ1) is 19.3. The smallest absolute Gasteiger partial charge is 0.258 e. The van der Waals surface area contributed by atoms with Crippen LogP contribution < -0.4 is 5.32 Å². The molecule has 2 aromatic heterocycles. The average Bonchev–Trinajstić information content (AvgIpc) is 2.76. The van der Waals surface area contributed by atoms with Crippen molar-refractivity contribution in [3.8, 4) is 22.6 Å². The van der Waals surface area contributed by atoms with E-state index >= 15 is 0 Å². The van der Waals surface area contributed by atoms with E-state index in [-0.39, 0.29) is 5.56 Å². The molecule has 2 heterocycles. The summed E-state index contributed by atoms with van der Waals surface area (Å²) in [5.74, 6) is -0.238. The minimum absolute atomic E-state index is 0.109. The zero-order valence-electron chi connectivity index (χ0n) is 16.4.